The Hall–Kier alpha value is -0.480. The van der Waals surface area contributed by atoms with Gasteiger partial charge < -0.3 is 5.32 Å². The van der Waals surface area contributed by atoms with Gasteiger partial charge in [-0.1, -0.05) is 0 Å². The molecule has 0 saturated heterocycles. The molecule has 1 atom stereocenters. The largest absolute Gasteiger partial charge is 0.349 e. The highest BCUT2D eigenvalue weighted by Gasteiger charge is 2.29. The Kier molecular flexibility index (Phi) is 3.60. The molecule has 1 N–H and O–H groups in total. The second-order valence-corrected chi connectivity index (χ2v) is 5.63. The Bertz CT molecular complexity index is 417. The van der Waals surface area contributed by atoms with Crippen molar-refractivity contribution in [1.82, 2.24) is 5.32 Å². The third kappa shape index (κ3) is 2.80. The molecule has 86 valence electrons. The van der Waals surface area contributed by atoms with Crippen LogP contribution >= 0.6 is 28.6 Å². The zero-order valence-corrected chi connectivity index (χ0v) is 11.5. The highest BCUT2D eigenvalue weighted by atomic mass is 79.9. The standard InChI is InChI=1S/C12H14BrNOS/c1-7(8-2-3-8)14-12(15)10-6-9(16)4-5-11(10)13/h4-8,16H,2-3H2,1H3,(H,14,15). The van der Waals surface area contributed by atoms with Gasteiger partial charge >= 0.3 is 0 Å². The number of halogens is 1. The fourth-order valence-electron chi connectivity index (χ4n) is 1.69. The lowest BCUT2D eigenvalue weighted by Crippen LogP contribution is -2.34. The minimum atomic E-state index is -0.0258. The van der Waals surface area contributed by atoms with E-state index in [0.717, 1.165) is 9.37 Å². The highest BCUT2D eigenvalue weighted by Crippen LogP contribution is 2.32. The van der Waals surface area contributed by atoms with Crippen LogP contribution in [-0.2, 0) is 0 Å². The van der Waals surface area contributed by atoms with E-state index in [1.807, 2.05) is 12.1 Å². The zero-order chi connectivity index (χ0) is 11.7. The van der Waals surface area contributed by atoms with Crippen LogP contribution in [0.4, 0.5) is 0 Å². The number of carbonyl (C=O) groups is 1. The summed E-state index contributed by atoms with van der Waals surface area (Å²) in [6.07, 6.45) is 2.46. The molecule has 1 aromatic rings. The van der Waals surface area contributed by atoms with Crippen LogP contribution < -0.4 is 5.32 Å². The van der Waals surface area contributed by atoms with Gasteiger partial charge in [-0.2, -0.15) is 0 Å². The molecular formula is C12H14BrNOS. The Morgan fingerprint density at radius 3 is 2.88 bits per heavy atom. The van der Waals surface area contributed by atoms with Gasteiger partial charge in [0.15, 0.2) is 0 Å². The Balaban J connectivity index is 2.10. The molecule has 1 saturated carbocycles. The molecule has 0 bridgehead atoms. The number of hydrogen-bond acceptors (Lipinski definition) is 2. The van der Waals surface area contributed by atoms with Crippen molar-refractivity contribution in [2.45, 2.75) is 30.7 Å². The average molecular weight is 300 g/mol. The summed E-state index contributed by atoms with van der Waals surface area (Å²) in [6.45, 7) is 2.06. The minimum absolute atomic E-state index is 0.0258. The Labute approximate surface area is 109 Å². The SMILES string of the molecule is CC(NC(=O)c1cc(S)ccc1Br)C1CC1. The predicted molar refractivity (Wildman–Crippen MR) is 71.0 cm³/mol. The summed E-state index contributed by atoms with van der Waals surface area (Å²) in [4.78, 5) is 12.8. The lowest BCUT2D eigenvalue weighted by molar-refractivity contribution is 0.0935. The summed E-state index contributed by atoms with van der Waals surface area (Å²) >= 11 is 7.62. The quantitative estimate of drug-likeness (QED) is 0.824. The van der Waals surface area contributed by atoms with E-state index < -0.39 is 0 Å². The Morgan fingerprint density at radius 2 is 2.25 bits per heavy atom. The van der Waals surface area contributed by atoms with E-state index >= 15 is 0 Å². The number of carbonyl (C=O) groups excluding carboxylic acids is 1. The van der Waals surface area contributed by atoms with Crippen LogP contribution in [0.15, 0.2) is 27.6 Å². The lowest BCUT2D eigenvalue weighted by Gasteiger charge is -2.13. The van der Waals surface area contributed by atoms with Crippen molar-refractivity contribution in [1.29, 1.82) is 0 Å². The molecule has 0 aliphatic heterocycles. The van der Waals surface area contributed by atoms with Gasteiger partial charge in [0.1, 0.15) is 0 Å². The molecule has 16 heavy (non-hydrogen) atoms. The second-order valence-electron chi connectivity index (χ2n) is 4.26. The maximum absolute atomic E-state index is 12.0. The first-order valence-electron chi connectivity index (χ1n) is 5.37. The van der Waals surface area contributed by atoms with Gasteiger partial charge in [-0.15, -0.1) is 12.6 Å². The molecule has 0 radical (unpaired) electrons. The third-order valence-corrected chi connectivity index (χ3v) is 3.85. The molecule has 0 heterocycles. The van der Waals surface area contributed by atoms with Gasteiger partial charge in [0.05, 0.1) is 5.56 Å². The summed E-state index contributed by atoms with van der Waals surface area (Å²) in [7, 11) is 0. The van der Waals surface area contributed by atoms with Crippen LogP contribution in [0, 0.1) is 5.92 Å². The van der Waals surface area contributed by atoms with E-state index in [9.17, 15) is 4.79 Å². The van der Waals surface area contributed by atoms with Gasteiger partial charge in [-0.25, -0.2) is 0 Å². The molecule has 1 unspecified atom stereocenters. The molecule has 0 aromatic heterocycles. The van der Waals surface area contributed by atoms with Gasteiger partial charge in [0.25, 0.3) is 5.91 Å². The van der Waals surface area contributed by atoms with Crippen molar-refractivity contribution in [3.8, 4) is 0 Å². The normalized spacial score (nSPS) is 16.9. The van der Waals surface area contributed by atoms with E-state index in [4.69, 9.17) is 0 Å². The summed E-state index contributed by atoms with van der Waals surface area (Å²) in [5.41, 5.74) is 0.653. The van der Waals surface area contributed by atoms with Crippen LogP contribution in [0.2, 0.25) is 0 Å². The molecular weight excluding hydrogens is 286 g/mol. The lowest BCUT2D eigenvalue weighted by atomic mass is 10.1. The average Bonchev–Trinajstić information content (AvgIpc) is 3.04. The number of thiol groups is 1. The van der Waals surface area contributed by atoms with Gasteiger partial charge in [0, 0.05) is 15.4 Å². The summed E-state index contributed by atoms with van der Waals surface area (Å²) in [5.74, 6) is 0.643. The smallest absolute Gasteiger partial charge is 0.252 e. The van der Waals surface area contributed by atoms with E-state index in [1.165, 1.54) is 12.8 Å². The van der Waals surface area contributed by atoms with Crippen LogP contribution in [0.5, 0.6) is 0 Å². The van der Waals surface area contributed by atoms with Crippen molar-refractivity contribution in [3.05, 3.63) is 28.2 Å². The van der Waals surface area contributed by atoms with Crippen LogP contribution in [0.3, 0.4) is 0 Å². The van der Waals surface area contributed by atoms with Crippen molar-refractivity contribution in [2.75, 3.05) is 0 Å². The molecule has 1 aliphatic carbocycles. The first kappa shape index (κ1) is 12.0. The highest BCUT2D eigenvalue weighted by molar-refractivity contribution is 9.10. The van der Waals surface area contributed by atoms with Gasteiger partial charge in [-0.3, -0.25) is 4.79 Å². The van der Waals surface area contributed by atoms with Crippen molar-refractivity contribution < 1.29 is 4.79 Å². The van der Waals surface area contributed by atoms with Crippen LogP contribution in [0.25, 0.3) is 0 Å². The number of rotatable bonds is 3. The van der Waals surface area contributed by atoms with Crippen molar-refractivity contribution in [3.63, 3.8) is 0 Å². The third-order valence-electron chi connectivity index (χ3n) is 2.88. The van der Waals surface area contributed by atoms with Crippen molar-refractivity contribution >= 4 is 34.5 Å². The molecule has 0 spiro atoms. The summed E-state index contributed by atoms with van der Waals surface area (Å²) < 4.78 is 0.811. The van der Waals surface area contributed by atoms with Crippen LogP contribution in [-0.4, -0.2) is 11.9 Å². The maximum atomic E-state index is 12.0. The molecule has 2 rings (SSSR count). The topological polar surface area (TPSA) is 29.1 Å². The number of amides is 1. The predicted octanol–water partition coefficient (Wildman–Crippen LogP) is 3.27. The molecule has 1 fully saturated rings. The molecule has 1 amide bonds. The van der Waals surface area contributed by atoms with E-state index in [0.29, 0.717) is 11.5 Å². The van der Waals surface area contributed by atoms with Gasteiger partial charge in [0.2, 0.25) is 0 Å². The molecule has 1 aliphatic rings. The molecule has 4 heteroatoms. The molecule has 2 nitrogen and oxygen atoms in total. The monoisotopic (exact) mass is 299 g/mol. The number of benzene rings is 1. The van der Waals surface area contributed by atoms with Crippen LogP contribution in [0.1, 0.15) is 30.1 Å². The first-order valence-corrected chi connectivity index (χ1v) is 6.61. The Morgan fingerprint density at radius 1 is 1.56 bits per heavy atom. The second kappa shape index (κ2) is 4.80. The van der Waals surface area contributed by atoms with E-state index in [1.54, 1.807) is 6.07 Å². The minimum Gasteiger partial charge on any atom is -0.349 e. The first-order chi connectivity index (χ1) is 7.58. The molecule has 1 aromatic carbocycles. The van der Waals surface area contributed by atoms with Crippen molar-refractivity contribution in [2.24, 2.45) is 5.92 Å². The van der Waals surface area contributed by atoms with Gasteiger partial charge in [-0.05, 0) is 59.8 Å². The van der Waals surface area contributed by atoms with E-state index in [2.05, 4.69) is 40.8 Å². The fourth-order valence-corrected chi connectivity index (χ4v) is 2.32. The summed E-state index contributed by atoms with van der Waals surface area (Å²) in [5, 5.41) is 3.02. The summed E-state index contributed by atoms with van der Waals surface area (Å²) in [6, 6.07) is 5.75. The fraction of sp³-hybridized carbons (Fsp3) is 0.417. The number of hydrogen-bond donors (Lipinski definition) is 2. The maximum Gasteiger partial charge on any atom is 0.252 e. The number of nitrogens with one attached hydrogen (secondary N) is 1. The zero-order valence-electron chi connectivity index (χ0n) is 9.03. The van der Waals surface area contributed by atoms with E-state index in [-0.39, 0.29) is 11.9 Å².